The maximum Gasteiger partial charge on any atom is 0.318 e. The third-order valence-corrected chi connectivity index (χ3v) is 5.11. The normalized spacial score (nSPS) is 37.5. The van der Waals surface area contributed by atoms with E-state index in [1.165, 1.54) is 6.42 Å². The summed E-state index contributed by atoms with van der Waals surface area (Å²) in [5.74, 6) is 1.44. The Morgan fingerprint density at radius 2 is 1.55 bits per heavy atom. The van der Waals surface area contributed by atoms with Gasteiger partial charge in [0.1, 0.15) is 0 Å². The van der Waals surface area contributed by atoms with E-state index >= 15 is 0 Å². The van der Waals surface area contributed by atoms with Gasteiger partial charge in [-0.15, -0.1) is 0 Å². The zero-order valence-electron chi connectivity index (χ0n) is 11.3. The first-order valence-corrected chi connectivity index (χ1v) is 7.29. The molecule has 4 rings (SSSR count). The van der Waals surface area contributed by atoms with E-state index in [0.717, 1.165) is 37.5 Å². The number of urea groups is 1. The van der Waals surface area contributed by atoms with Crippen LogP contribution in [0.1, 0.15) is 32.1 Å². The smallest absolute Gasteiger partial charge is 0.318 e. The van der Waals surface area contributed by atoms with E-state index < -0.39 is 18.5 Å². The number of amides is 3. The Balaban J connectivity index is 1.55. The Bertz CT molecular complexity index is 420. The quantitative estimate of drug-likeness (QED) is 0.747. The topological polar surface area (TPSA) is 98.5 Å². The van der Waals surface area contributed by atoms with Crippen LogP contribution in [-0.4, -0.2) is 24.5 Å². The molecule has 0 saturated heterocycles. The van der Waals surface area contributed by atoms with Crippen LogP contribution in [0.25, 0.3) is 0 Å². The molecule has 110 valence electrons. The summed E-state index contributed by atoms with van der Waals surface area (Å²) in [5, 5.41) is 1.89. The van der Waals surface area contributed by atoms with Crippen LogP contribution in [0, 0.1) is 29.6 Å². The van der Waals surface area contributed by atoms with Crippen LogP contribution >= 0.6 is 0 Å². The van der Waals surface area contributed by atoms with Crippen LogP contribution in [0.5, 0.6) is 0 Å². The van der Waals surface area contributed by atoms with Crippen molar-refractivity contribution < 1.29 is 19.1 Å². The first-order chi connectivity index (χ1) is 9.52. The number of rotatable bonds is 3. The molecule has 4 aliphatic carbocycles. The van der Waals surface area contributed by atoms with Gasteiger partial charge in [0.05, 0.1) is 5.92 Å². The van der Waals surface area contributed by atoms with E-state index in [0.29, 0.717) is 11.8 Å². The Labute approximate surface area is 117 Å². The number of carbonyl (C=O) groups excluding carboxylic acids is 3. The molecular weight excluding hydrogens is 260 g/mol. The van der Waals surface area contributed by atoms with Gasteiger partial charge in [0, 0.05) is 0 Å². The van der Waals surface area contributed by atoms with Gasteiger partial charge in [-0.1, -0.05) is 0 Å². The summed E-state index contributed by atoms with van der Waals surface area (Å²) in [6.45, 7) is -0.426. The first kappa shape index (κ1) is 13.4. The van der Waals surface area contributed by atoms with Gasteiger partial charge in [0.2, 0.25) is 0 Å². The fourth-order valence-corrected chi connectivity index (χ4v) is 4.72. The molecule has 0 radical (unpaired) electrons. The lowest BCUT2D eigenvalue weighted by molar-refractivity contribution is -0.164. The fourth-order valence-electron chi connectivity index (χ4n) is 4.72. The van der Waals surface area contributed by atoms with Crippen LogP contribution in [0.15, 0.2) is 0 Å². The van der Waals surface area contributed by atoms with Crippen molar-refractivity contribution in [2.45, 2.75) is 32.1 Å². The SMILES string of the molecule is NC(=O)NC(=O)COC(=O)C1C2CC3CC(C2)CC1C3. The van der Waals surface area contributed by atoms with Crippen molar-refractivity contribution in [2.24, 2.45) is 35.3 Å². The average Bonchev–Trinajstić information content (AvgIpc) is 2.34. The standard InChI is InChI=1S/C14H20N2O4/c15-14(19)16-11(17)6-20-13(18)12-9-2-7-1-8(4-9)5-10(12)3-7/h7-10,12H,1-6H2,(H3,15,16,17,19). The van der Waals surface area contributed by atoms with Gasteiger partial charge >= 0.3 is 12.0 Å². The van der Waals surface area contributed by atoms with Gasteiger partial charge in [0.15, 0.2) is 6.61 Å². The molecule has 4 fully saturated rings. The van der Waals surface area contributed by atoms with Crippen molar-refractivity contribution in [1.82, 2.24) is 5.32 Å². The maximum absolute atomic E-state index is 12.2. The Kier molecular flexibility index (Phi) is 3.40. The molecule has 6 heteroatoms. The van der Waals surface area contributed by atoms with Gasteiger partial charge < -0.3 is 10.5 Å². The number of nitrogens with one attached hydrogen (secondary N) is 1. The van der Waals surface area contributed by atoms with E-state index in [1.54, 1.807) is 0 Å². The molecule has 0 spiro atoms. The van der Waals surface area contributed by atoms with E-state index in [2.05, 4.69) is 0 Å². The molecule has 20 heavy (non-hydrogen) atoms. The van der Waals surface area contributed by atoms with Crippen LogP contribution in [0.2, 0.25) is 0 Å². The summed E-state index contributed by atoms with van der Waals surface area (Å²) in [7, 11) is 0. The minimum atomic E-state index is -0.930. The molecule has 0 aromatic heterocycles. The minimum Gasteiger partial charge on any atom is -0.455 e. The monoisotopic (exact) mass is 280 g/mol. The molecule has 0 atom stereocenters. The van der Waals surface area contributed by atoms with E-state index in [4.69, 9.17) is 10.5 Å². The number of imide groups is 1. The first-order valence-electron chi connectivity index (χ1n) is 7.29. The van der Waals surface area contributed by atoms with E-state index in [9.17, 15) is 14.4 Å². The van der Waals surface area contributed by atoms with E-state index in [1.807, 2.05) is 5.32 Å². The highest BCUT2D eigenvalue weighted by atomic mass is 16.5. The summed E-state index contributed by atoms with van der Waals surface area (Å²) in [6.07, 6.45) is 5.83. The molecule has 6 nitrogen and oxygen atoms in total. The van der Waals surface area contributed by atoms with Gasteiger partial charge in [-0.3, -0.25) is 14.9 Å². The number of carbonyl (C=O) groups is 3. The molecule has 0 aromatic carbocycles. The van der Waals surface area contributed by atoms with Crippen LogP contribution in [0.4, 0.5) is 4.79 Å². The third-order valence-electron chi connectivity index (χ3n) is 5.11. The highest BCUT2D eigenvalue weighted by Crippen LogP contribution is 2.56. The molecular formula is C14H20N2O4. The summed E-state index contributed by atoms with van der Waals surface area (Å²) in [4.78, 5) is 34.0. The number of primary amides is 1. The Morgan fingerprint density at radius 3 is 2.05 bits per heavy atom. The van der Waals surface area contributed by atoms with Crippen molar-refractivity contribution in [1.29, 1.82) is 0 Å². The van der Waals surface area contributed by atoms with Crippen LogP contribution in [0.3, 0.4) is 0 Å². The third kappa shape index (κ3) is 2.51. The number of nitrogens with two attached hydrogens (primary N) is 1. The number of hydrogen-bond acceptors (Lipinski definition) is 4. The van der Waals surface area contributed by atoms with E-state index in [-0.39, 0.29) is 11.9 Å². The lowest BCUT2D eigenvalue weighted by atomic mass is 9.52. The summed E-state index contributed by atoms with van der Waals surface area (Å²) >= 11 is 0. The van der Waals surface area contributed by atoms with Crippen molar-refractivity contribution in [3.8, 4) is 0 Å². The lowest BCUT2D eigenvalue weighted by Gasteiger charge is -2.53. The lowest BCUT2D eigenvalue weighted by Crippen LogP contribution is -2.49. The van der Waals surface area contributed by atoms with Crippen LogP contribution < -0.4 is 11.1 Å². The largest absolute Gasteiger partial charge is 0.455 e. The minimum absolute atomic E-state index is 0.0517. The zero-order valence-corrected chi connectivity index (χ0v) is 11.3. The molecule has 4 bridgehead atoms. The summed E-state index contributed by atoms with van der Waals surface area (Å²) < 4.78 is 5.07. The highest BCUT2D eigenvalue weighted by molar-refractivity contribution is 5.94. The second-order valence-electron chi connectivity index (χ2n) is 6.48. The fraction of sp³-hybridized carbons (Fsp3) is 0.786. The Hall–Kier alpha value is -1.59. The van der Waals surface area contributed by atoms with Crippen LogP contribution in [-0.2, 0) is 14.3 Å². The number of hydrogen-bond donors (Lipinski definition) is 2. The number of ether oxygens (including phenoxy) is 1. The van der Waals surface area contributed by atoms with Gasteiger partial charge in [0.25, 0.3) is 5.91 Å². The predicted molar refractivity (Wildman–Crippen MR) is 69.2 cm³/mol. The van der Waals surface area contributed by atoms with Gasteiger partial charge in [-0.05, 0) is 55.8 Å². The Morgan fingerprint density at radius 1 is 1.00 bits per heavy atom. The van der Waals surface area contributed by atoms with Gasteiger partial charge in [-0.2, -0.15) is 0 Å². The molecule has 3 amide bonds. The van der Waals surface area contributed by atoms with Crippen molar-refractivity contribution in [3.63, 3.8) is 0 Å². The molecule has 4 aliphatic rings. The second kappa shape index (κ2) is 5.07. The number of esters is 1. The average molecular weight is 280 g/mol. The van der Waals surface area contributed by atoms with Crippen molar-refractivity contribution in [2.75, 3.05) is 6.61 Å². The molecule has 0 heterocycles. The summed E-state index contributed by atoms with van der Waals surface area (Å²) in [6, 6.07) is -0.930. The molecule has 0 aliphatic heterocycles. The van der Waals surface area contributed by atoms with Gasteiger partial charge in [-0.25, -0.2) is 4.79 Å². The highest BCUT2D eigenvalue weighted by Gasteiger charge is 2.51. The summed E-state index contributed by atoms with van der Waals surface area (Å²) in [5.41, 5.74) is 4.83. The molecule has 0 aromatic rings. The zero-order chi connectivity index (χ0) is 14.3. The molecule has 4 saturated carbocycles. The van der Waals surface area contributed by atoms with Crippen molar-refractivity contribution in [3.05, 3.63) is 0 Å². The van der Waals surface area contributed by atoms with Crippen molar-refractivity contribution >= 4 is 17.9 Å². The predicted octanol–water partition coefficient (Wildman–Crippen LogP) is 0.797. The maximum atomic E-state index is 12.2. The molecule has 0 unspecified atom stereocenters. The molecule has 3 N–H and O–H groups in total. The second-order valence-corrected chi connectivity index (χ2v) is 6.48.